The van der Waals surface area contributed by atoms with Crippen molar-refractivity contribution in [1.29, 1.82) is 0 Å². The van der Waals surface area contributed by atoms with E-state index in [-0.39, 0.29) is 0 Å². The molecule has 3 heteroatoms. The summed E-state index contributed by atoms with van der Waals surface area (Å²) in [5, 5.41) is 3.55. The summed E-state index contributed by atoms with van der Waals surface area (Å²) in [5.74, 6) is 1.78. The number of hydrogen-bond donors (Lipinski definition) is 1. The summed E-state index contributed by atoms with van der Waals surface area (Å²) in [6.07, 6.45) is 4.47. The predicted octanol–water partition coefficient (Wildman–Crippen LogP) is 3.17. The fraction of sp³-hybridized carbons (Fsp3) is 0.625. The van der Waals surface area contributed by atoms with Crippen LogP contribution in [0, 0.1) is 0 Å². The SMILES string of the molecule is CCCCNC(C)Cc1ccc2c(c1)OCCCO2. The normalized spacial score (nSPS) is 15.9. The molecule has 0 radical (unpaired) electrons. The highest BCUT2D eigenvalue weighted by molar-refractivity contribution is 5.43. The van der Waals surface area contributed by atoms with Gasteiger partial charge < -0.3 is 14.8 Å². The van der Waals surface area contributed by atoms with Crippen LogP contribution in [-0.4, -0.2) is 25.8 Å². The third-order valence-corrected chi connectivity index (χ3v) is 3.38. The Bertz CT molecular complexity index is 392. The quantitative estimate of drug-likeness (QED) is 0.800. The fourth-order valence-corrected chi connectivity index (χ4v) is 2.29. The largest absolute Gasteiger partial charge is 0.490 e. The van der Waals surface area contributed by atoms with Gasteiger partial charge in [-0.25, -0.2) is 0 Å². The highest BCUT2D eigenvalue weighted by atomic mass is 16.5. The summed E-state index contributed by atoms with van der Waals surface area (Å²) in [4.78, 5) is 0. The molecule has 19 heavy (non-hydrogen) atoms. The molecule has 0 aromatic heterocycles. The van der Waals surface area contributed by atoms with Gasteiger partial charge in [0.15, 0.2) is 11.5 Å². The molecule has 1 aromatic carbocycles. The summed E-state index contributed by atoms with van der Waals surface area (Å²) in [6, 6.07) is 6.80. The first-order valence-corrected chi connectivity index (χ1v) is 7.41. The Kier molecular flexibility index (Phi) is 5.52. The van der Waals surface area contributed by atoms with E-state index in [0.717, 1.165) is 44.1 Å². The van der Waals surface area contributed by atoms with Crippen molar-refractivity contribution in [2.24, 2.45) is 0 Å². The standard InChI is InChI=1S/C16H25NO2/c1-3-4-8-17-13(2)11-14-6-7-15-16(12-14)19-10-5-9-18-15/h6-7,12-13,17H,3-5,8-11H2,1-2H3. The first-order valence-electron chi connectivity index (χ1n) is 7.41. The molecule has 1 aliphatic rings. The van der Waals surface area contributed by atoms with Crippen LogP contribution in [-0.2, 0) is 6.42 Å². The number of fused-ring (bicyclic) bond motifs is 1. The van der Waals surface area contributed by atoms with Gasteiger partial charge in [-0.15, -0.1) is 0 Å². The highest BCUT2D eigenvalue weighted by Crippen LogP contribution is 2.30. The third kappa shape index (κ3) is 4.43. The topological polar surface area (TPSA) is 30.5 Å². The molecular formula is C16H25NO2. The molecule has 3 nitrogen and oxygen atoms in total. The molecule has 1 aliphatic heterocycles. The van der Waals surface area contributed by atoms with E-state index in [9.17, 15) is 0 Å². The van der Waals surface area contributed by atoms with Crippen molar-refractivity contribution in [3.05, 3.63) is 23.8 Å². The minimum absolute atomic E-state index is 0.497. The number of rotatable bonds is 6. The lowest BCUT2D eigenvalue weighted by Crippen LogP contribution is -2.28. The fourth-order valence-electron chi connectivity index (χ4n) is 2.29. The van der Waals surface area contributed by atoms with Gasteiger partial charge in [-0.1, -0.05) is 19.4 Å². The summed E-state index contributed by atoms with van der Waals surface area (Å²) in [6.45, 7) is 7.05. The molecule has 1 atom stereocenters. The van der Waals surface area contributed by atoms with E-state index in [1.807, 2.05) is 6.07 Å². The molecule has 1 aromatic rings. The zero-order valence-corrected chi connectivity index (χ0v) is 12.1. The second-order valence-electron chi connectivity index (χ2n) is 5.24. The van der Waals surface area contributed by atoms with E-state index in [4.69, 9.17) is 9.47 Å². The van der Waals surface area contributed by atoms with Gasteiger partial charge >= 0.3 is 0 Å². The molecule has 2 rings (SSSR count). The Labute approximate surface area is 116 Å². The van der Waals surface area contributed by atoms with Gasteiger partial charge in [-0.3, -0.25) is 0 Å². The first kappa shape index (κ1) is 14.2. The zero-order valence-electron chi connectivity index (χ0n) is 12.1. The molecule has 0 bridgehead atoms. The molecule has 106 valence electrons. The van der Waals surface area contributed by atoms with Crippen LogP contribution < -0.4 is 14.8 Å². The van der Waals surface area contributed by atoms with Gasteiger partial charge in [0.1, 0.15) is 0 Å². The van der Waals surface area contributed by atoms with Crippen molar-refractivity contribution in [3.8, 4) is 11.5 Å². The summed E-state index contributed by atoms with van der Waals surface area (Å²) < 4.78 is 11.4. The highest BCUT2D eigenvalue weighted by Gasteiger charge is 2.11. The molecule has 0 spiro atoms. The predicted molar refractivity (Wildman–Crippen MR) is 78.1 cm³/mol. The van der Waals surface area contributed by atoms with Crippen molar-refractivity contribution in [1.82, 2.24) is 5.32 Å². The van der Waals surface area contributed by atoms with E-state index >= 15 is 0 Å². The molecule has 0 amide bonds. The van der Waals surface area contributed by atoms with Crippen LogP contribution in [0.25, 0.3) is 0 Å². The average Bonchev–Trinajstić information content (AvgIpc) is 2.63. The van der Waals surface area contributed by atoms with Gasteiger partial charge in [0.2, 0.25) is 0 Å². The molecule has 0 saturated carbocycles. The zero-order chi connectivity index (χ0) is 13.5. The maximum absolute atomic E-state index is 5.72. The van der Waals surface area contributed by atoms with Crippen molar-refractivity contribution in [3.63, 3.8) is 0 Å². The lowest BCUT2D eigenvalue weighted by molar-refractivity contribution is 0.297. The van der Waals surface area contributed by atoms with Crippen LogP contribution in [0.1, 0.15) is 38.7 Å². The van der Waals surface area contributed by atoms with Crippen molar-refractivity contribution in [2.45, 2.75) is 45.6 Å². The van der Waals surface area contributed by atoms with Gasteiger partial charge in [-0.2, -0.15) is 0 Å². The lowest BCUT2D eigenvalue weighted by atomic mass is 10.1. The van der Waals surface area contributed by atoms with Crippen LogP contribution in [0.4, 0.5) is 0 Å². The average molecular weight is 263 g/mol. The van der Waals surface area contributed by atoms with Crippen LogP contribution in [0.15, 0.2) is 18.2 Å². The summed E-state index contributed by atoms with van der Waals surface area (Å²) in [5.41, 5.74) is 1.31. The van der Waals surface area contributed by atoms with Crippen molar-refractivity contribution in [2.75, 3.05) is 19.8 Å². The molecular weight excluding hydrogens is 238 g/mol. The van der Waals surface area contributed by atoms with Crippen LogP contribution in [0.3, 0.4) is 0 Å². The Hall–Kier alpha value is -1.22. The number of unbranched alkanes of at least 4 members (excludes halogenated alkanes) is 1. The van der Waals surface area contributed by atoms with E-state index < -0.39 is 0 Å². The minimum atomic E-state index is 0.497. The Balaban J connectivity index is 1.92. The Morgan fingerprint density at radius 3 is 2.79 bits per heavy atom. The minimum Gasteiger partial charge on any atom is -0.490 e. The molecule has 0 fully saturated rings. The smallest absolute Gasteiger partial charge is 0.161 e. The number of ether oxygens (including phenoxy) is 2. The molecule has 1 N–H and O–H groups in total. The van der Waals surface area contributed by atoms with Crippen LogP contribution in [0.5, 0.6) is 11.5 Å². The van der Waals surface area contributed by atoms with E-state index in [1.165, 1.54) is 18.4 Å². The number of benzene rings is 1. The van der Waals surface area contributed by atoms with Crippen LogP contribution in [0.2, 0.25) is 0 Å². The monoisotopic (exact) mass is 263 g/mol. The van der Waals surface area contributed by atoms with Crippen LogP contribution >= 0.6 is 0 Å². The molecule has 0 saturated heterocycles. The van der Waals surface area contributed by atoms with E-state index in [2.05, 4.69) is 31.3 Å². The second-order valence-corrected chi connectivity index (χ2v) is 5.24. The van der Waals surface area contributed by atoms with Crippen molar-refractivity contribution < 1.29 is 9.47 Å². The van der Waals surface area contributed by atoms with E-state index in [1.54, 1.807) is 0 Å². The van der Waals surface area contributed by atoms with Gasteiger partial charge in [0.25, 0.3) is 0 Å². The van der Waals surface area contributed by atoms with Crippen molar-refractivity contribution >= 4 is 0 Å². The molecule has 1 unspecified atom stereocenters. The number of nitrogens with one attached hydrogen (secondary N) is 1. The lowest BCUT2D eigenvalue weighted by Gasteiger charge is -2.15. The second kappa shape index (κ2) is 7.39. The maximum atomic E-state index is 5.72. The Morgan fingerprint density at radius 2 is 2.00 bits per heavy atom. The molecule has 0 aliphatic carbocycles. The number of hydrogen-bond acceptors (Lipinski definition) is 3. The first-order chi connectivity index (χ1) is 9.29. The van der Waals surface area contributed by atoms with Gasteiger partial charge in [0, 0.05) is 12.5 Å². The summed E-state index contributed by atoms with van der Waals surface area (Å²) >= 11 is 0. The van der Waals surface area contributed by atoms with E-state index in [0.29, 0.717) is 6.04 Å². The Morgan fingerprint density at radius 1 is 1.21 bits per heavy atom. The van der Waals surface area contributed by atoms with Gasteiger partial charge in [-0.05, 0) is 44.0 Å². The summed E-state index contributed by atoms with van der Waals surface area (Å²) in [7, 11) is 0. The third-order valence-electron chi connectivity index (χ3n) is 3.38. The maximum Gasteiger partial charge on any atom is 0.161 e. The molecule has 1 heterocycles. The van der Waals surface area contributed by atoms with Gasteiger partial charge in [0.05, 0.1) is 13.2 Å².